The molecule has 2 N–H and O–H groups in total. The molecule has 0 spiro atoms. The molecule has 0 saturated heterocycles. The number of amides is 1. The Labute approximate surface area is 144 Å². The number of nitrogens with zero attached hydrogens (tertiary/aromatic N) is 1. The van der Waals surface area contributed by atoms with E-state index in [1.807, 2.05) is 0 Å². The van der Waals surface area contributed by atoms with E-state index >= 15 is 0 Å². The van der Waals surface area contributed by atoms with E-state index in [0.717, 1.165) is 6.42 Å². The van der Waals surface area contributed by atoms with E-state index in [2.05, 4.69) is 48.4 Å². The summed E-state index contributed by atoms with van der Waals surface area (Å²) >= 11 is 1.25. The number of thiazole rings is 1. The van der Waals surface area contributed by atoms with Gasteiger partial charge in [-0.1, -0.05) is 38.1 Å². The topological polar surface area (TPSA) is 79.3 Å². The van der Waals surface area contributed by atoms with Gasteiger partial charge in [-0.3, -0.25) is 4.79 Å². The first kappa shape index (κ1) is 16.6. The predicted octanol–water partition coefficient (Wildman–Crippen LogP) is 3.38. The van der Waals surface area contributed by atoms with Crippen LogP contribution in [0.1, 0.15) is 58.7 Å². The van der Waals surface area contributed by atoms with Crippen molar-refractivity contribution in [3.63, 3.8) is 0 Å². The van der Waals surface area contributed by atoms with Crippen molar-refractivity contribution in [1.82, 2.24) is 10.3 Å². The number of nitrogens with one attached hydrogen (secondary N) is 1. The van der Waals surface area contributed by atoms with Crippen molar-refractivity contribution >= 4 is 23.2 Å². The zero-order chi connectivity index (χ0) is 17.3. The van der Waals surface area contributed by atoms with Gasteiger partial charge in [0.05, 0.1) is 6.54 Å². The number of carbonyl (C=O) groups excluding carboxylic acids is 1. The van der Waals surface area contributed by atoms with Crippen molar-refractivity contribution in [1.29, 1.82) is 0 Å². The van der Waals surface area contributed by atoms with E-state index in [-0.39, 0.29) is 30.0 Å². The highest BCUT2D eigenvalue weighted by Gasteiger charge is 2.43. The average Bonchev–Trinajstić information content (AvgIpc) is 3.22. The minimum Gasteiger partial charge on any atom is -0.476 e. The average molecular weight is 344 g/mol. The Kier molecular flexibility index (Phi) is 4.66. The first-order valence-electron chi connectivity index (χ1n) is 8.01. The summed E-state index contributed by atoms with van der Waals surface area (Å²) in [5, 5.41) is 13.8. The second kappa shape index (κ2) is 6.73. The molecule has 2 atom stereocenters. The van der Waals surface area contributed by atoms with Gasteiger partial charge in [0.2, 0.25) is 5.91 Å². The van der Waals surface area contributed by atoms with E-state index in [1.54, 1.807) is 0 Å². The number of carboxylic acids is 1. The zero-order valence-electron chi connectivity index (χ0n) is 13.7. The molecule has 24 heavy (non-hydrogen) atoms. The van der Waals surface area contributed by atoms with E-state index < -0.39 is 5.97 Å². The highest BCUT2D eigenvalue weighted by Crippen LogP contribution is 2.47. The van der Waals surface area contributed by atoms with Crippen LogP contribution in [0.3, 0.4) is 0 Å². The number of hydrogen-bond donors (Lipinski definition) is 2. The van der Waals surface area contributed by atoms with Crippen molar-refractivity contribution in [2.24, 2.45) is 5.92 Å². The van der Waals surface area contributed by atoms with Crippen LogP contribution in [-0.2, 0) is 11.3 Å². The molecule has 1 aromatic carbocycles. The molecule has 126 valence electrons. The normalized spacial score (nSPS) is 19.3. The summed E-state index contributed by atoms with van der Waals surface area (Å²) in [4.78, 5) is 27.0. The number of rotatable bonds is 6. The molecule has 0 aliphatic heterocycles. The molecule has 1 fully saturated rings. The summed E-state index contributed by atoms with van der Waals surface area (Å²) in [6, 6.07) is 8.51. The van der Waals surface area contributed by atoms with E-state index in [0.29, 0.717) is 10.9 Å². The lowest BCUT2D eigenvalue weighted by molar-refractivity contribution is -0.122. The van der Waals surface area contributed by atoms with Crippen LogP contribution >= 0.6 is 11.3 Å². The molecule has 1 heterocycles. The number of aromatic nitrogens is 1. The van der Waals surface area contributed by atoms with E-state index in [9.17, 15) is 9.59 Å². The summed E-state index contributed by atoms with van der Waals surface area (Å²) < 4.78 is 0. The van der Waals surface area contributed by atoms with Gasteiger partial charge in [0.1, 0.15) is 5.01 Å². The molecule has 0 bridgehead atoms. The number of hydrogen-bond acceptors (Lipinski definition) is 4. The Morgan fingerprint density at radius 1 is 1.33 bits per heavy atom. The first-order chi connectivity index (χ1) is 11.5. The van der Waals surface area contributed by atoms with Crippen molar-refractivity contribution in [3.05, 3.63) is 51.5 Å². The molecule has 1 saturated carbocycles. The van der Waals surface area contributed by atoms with Gasteiger partial charge < -0.3 is 10.4 Å². The first-order valence-corrected chi connectivity index (χ1v) is 8.89. The molecule has 0 radical (unpaired) electrons. The number of benzene rings is 1. The summed E-state index contributed by atoms with van der Waals surface area (Å²) in [6.45, 7) is 4.61. The van der Waals surface area contributed by atoms with Crippen LogP contribution in [-0.4, -0.2) is 22.0 Å². The Morgan fingerprint density at radius 2 is 2.04 bits per heavy atom. The fraction of sp³-hybridized carbons (Fsp3) is 0.389. The Balaban J connectivity index is 1.52. The van der Waals surface area contributed by atoms with Crippen LogP contribution in [0, 0.1) is 5.92 Å². The number of carbonyl (C=O) groups is 2. The Bertz CT molecular complexity index is 752. The third-order valence-corrected chi connectivity index (χ3v) is 5.19. The lowest BCUT2D eigenvalue weighted by Crippen LogP contribution is -2.24. The lowest BCUT2D eigenvalue weighted by Gasteiger charge is -2.07. The van der Waals surface area contributed by atoms with Gasteiger partial charge in [-0.2, -0.15) is 0 Å². The quantitative estimate of drug-likeness (QED) is 0.842. The van der Waals surface area contributed by atoms with Gasteiger partial charge in [0.25, 0.3) is 0 Å². The van der Waals surface area contributed by atoms with Crippen LogP contribution in [0.15, 0.2) is 29.6 Å². The second-order valence-corrected chi connectivity index (χ2v) is 7.36. The fourth-order valence-electron chi connectivity index (χ4n) is 2.77. The molecule has 6 heteroatoms. The monoisotopic (exact) mass is 344 g/mol. The van der Waals surface area contributed by atoms with Crippen LogP contribution in [0.5, 0.6) is 0 Å². The van der Waals surface area contributed by atoms with Crippen LogP contribution < -0.4 is 5.32 Å². The minimum atomic E-state index is -1.05. The maximum Gasteiger partial charge on any atom is 0.355 e. The predicted molar refractivity (Wildman–Crippen MR) is 92.3 cm³/mol. The molecule has 1 aliphatic rings. The summed E-state index contributed by atoms with van der Waals surface area (Å²) in [5.41, 5.74) is 2.54. The van der Waals surface area contributed by atoms with Crippen molar-refractivity contribution in [2.45, 2.75) is 38.6 Å². The second-order valence-electron chi connectivity index (χ2n) is 6.42. The third kappa shape index (κ3) is 3.64. The van der Waals surface area contributed by atoms with Crippen molar-refractivity contribution < 1.29 is 14.7 Å². The van der Waals surface area contributed by atoms with Gasteiger partial charge in [-0.25, -0.2) is 9.78 Å². The highest BCUT2D eigenvalue weighted by molar-refractivity contribution is 7.09. The third-order valence-electron chi connectivity index (χ3n) is 4.34. The van der Waals surface area contributed by atoms with Gasteiger partial charge in [0.15, 0.2) is 5.69 Å². The zero-order valence-corrected chi connectivity index (χ0v) is 14.5. The van der Waals surface area contributed by atoms with Crippen LogP contribution in [0.4, 0.5) is 0 Å². The van der Waals surface area contributed by atoms with Gasteiger partial charge in [-0.05, 0) is 29.4 Å². The number of carboxylic acid groups (broad SMARTS) is 1. The molecule has 1 aliphatic carbocycles. The Morgan fingerprint density at radius 3 is 2.62 bits per heavy atom. The molecular weight excluding hydrogens is 324 g/mol. The summed E-state index contributed by atoms with van der Waals surface area (Å²) in [7, 11) is 0. The van der Waals surface area contributed by atoms with Gasteiger partial charge in [-0.15, -0.1) is 11.3 Å². The van der Waals surface area contributed by atoms with Gasteiger partial charge in [0, 0.05) is 11.3 Å². The SMILES string of the molecule is CC(C)c1ccc(C2CC2C(=O)NCc2nc(C(=O)O)cs2)cc1. The molecule has 1 amide bonds. The lowest BCUT2D eigenvalue weighted by atomic mass is 10.00. The summed E-state index contributed by atoms with van der Waals surface area (Å²) in [5.74, 6) is -0.229. The van der Waals surface area contributed by atoms with Gasteiger partial charge >= 0.3 is 5.97 Å². The van der Waals surface area contributed by atoms with E-state index in [1.165, 1.54) is 27.8 Å². The molecule has 2 aromatic rings. The minimum absolute atomic E-state index is 0.00815. The summed E-state index contributed by atoms with van der Waals surface area (Å²) in [6.07, 6.45) is 0.866. The van der Waals surface area contributed by atoms with E-state index in [4.69, 9.17) is 5.11 Å². The largest absolute Gasteiger partial charge is 0.476 e. The van der Waals surface area contributed by atoms with Crippen LogP contribution in [0.25, 0.3) is 0 Å². The Hall–Kier alpha value is -2.21. The maximum absolute atomic E-state index is 12.2. The molecule has 1 aromatic heterocycles. The number of aromatic carboxylic acids is 1. The van der Waals surface area contributed by atoms with Crippen molar-refractivity contribution in [2.75, 3.05) is 0 Å². The molecule has 5 nitrogen and oxygen atoms in total. The molecule has 2 unspecified atom stereocenters. The smallest absolute Gasteiger partial charge is 0.355 e. The fourth-order valence-corrected chi connectivity index (χ4v) is 3.47. The highest BCUT2D eigenvalue weighted by atomic mass is 32.1. The standard InChI is InChI=1S/C18H20N2O3S/c1-10(2)11-3-5-12(6-4-11)13-7-14(13)17(21)19-8-16-20-15(9-24-16)18(22)23/h3-6,9-10,13-14H,7-8H2,1-2H3,(H,19,21)(H,22,23). The van der Waals surface area contributed by atoms with Crippen LogP contribution in [0.2, 0.25) is 0 Å². The maximum atomic E-state index is 12.2. The van der Waals surface area contributed by atoms with Crippen molar-refractivity contribution in [3.8, 4) is 0 Å². The molecular formula is C18H20N2O3S. The molecule has 3 rings (SSSR count).